The third-order valence-corrected chi connectivity index (χ3v) is 4.94. The summed E-state index contributed by atoms with van der Waals surface area (Å²) in [5, 5.41) is 12.8. The maximum atomic E-state index is 12.9. The van der Waals surface area contributed by atoms with Crippen molar-refractivity contribution in [2.75, 3.05) is 32.7 Å². The molecule has 1 aromatic carbocycles. The van der Waals surface area contributed by atoms with E-state index in [4.69, 9.17) is 0 Å². The molecule has 3 rings (SSSR count). The van der Waals surface area contributed by atoms with Crippen molar-refractivity contribution < 1.29 is 14.7 Å². The normalized spacial score (nSPS) is 24.7. The van der Waals surface area contributed by atoms with Gasteiger partial charge in [-0.15, -0.1) is 0 Å². The second kappa shape index (κ2) is 6.20. The fourth-order valence-electron chi connectivity index (χ4n) is 3.64. The van der Waals surface area contributed by atoms with Crippen LogP contribution in [-0.4, -0.2) is 59.6 Å². The van der Waals surface area contributed by atoms with Crippen LogP contribution in [0, 0.1) is 0 Å². The third-order valence-electron chi connectivity index (χ3n) is 4.94. The Balaban J connectivity index is 2.01. The Kier molecular flexibility index (Phi) is 4.26. The first-order valence-corrected chi connectivity index (χ1v) is 8.14. The highest BCUT2D eigenvalue weighted by atomic mass is 16.4. The van der Waals surface area contributed by atoms with Gasteiger partial charge in [-0.3, -0.25) is 9.69 Å². The number of carbonyl (C=O) groups excluding carboxylic acids is 1. The first-order valence-electron chi connectivity index (χ1n) is 8.14. The molecule has 6 heteroatoms. The average molecular weight is 317 g/mol. The van der Waals surface area contributed by atoms with Gasteiger partial charge in [-0.1, -0.05) is 18.2 Å². The van der Waals surface area contributed by atoms with Crippen LogP contribution in [0.2, 0.25) is 0 Å². The number of likely N-dealkylation sites (tertiary alicyclic amines) is 1. The summed E-state index contributed by atoms with van der Waals surface area (Å²) in [7, 11) is 0. The smallest absolute Gasteiger partial charge is 0.408 e. The van der Waals surface area contributed by atoms with E-state index in [2.05, 4.69) is 5.32 Å². The Hall–Kier alpha value is -2.08. The number of nitrogens with zero attached hydrogens (tertiary/aromatic N) is 2. The predicted octanol–water partition coefficient (Wildman–Crippen LogP) is 1.72. The lowest BCUT2D eigenvalue weighted by Crippen LogP contribution is -2.59. The molecule has 0 spiro atoms. The first-order chi connectivity index (χ1) is 11.0. The number of carbonyl (C=O) groups is 2. The minimum atomic E-state index is -0.947. The molecule has 1 atom stereocenters. The van der Waals surface area contributed by atoms with E-state index < -0.39 is 11.6 Å². The zero-order chi connectivity index (χ0) is 16.4. The van der Waals surface area contributed by atoms with Crippen LogP contribution in [0.5, 0.6) is 0 Å². The summed E-state index contributed by atoms with van der Waals surface area (Å²) in [6, 6.07) is 7.41. The van der Waals surface area contributed by atoms with Gasteiger partial charge in [0.25, 0.3) is 5.91 Å². The van der Waals surface area contributed by atoms with E-state index in [0.29, 0.717) is 25.2 Å². The van der Waals surface area contributed by atoms with Gasteiger partial charge < -0.3 is 15.3 Å². The van der Waals surface area contributed by atoms with Gasteiger partial charge in [0.15, 0.2) is 0 Å². The fraction of sp³-hybridized carbons (Fsp3) is 0.529. The topological polar surface area (TPSA) is 72.9 Å². The van der Waals surface area contributed by atoms with Crippen molar-refractivity contribution in [2.24, 2.45) is 0 Å². The number of piperazine rings is 1. The summed E-state index contributed by atoms with van der Waals surface area (Å²) >= 11 is 0. The van der Waals surface area contributed by atoms with Crippen LogP contribution in [-0.2, 0) is 5.54 Å². The average Bonchev–Trinajstić information content (AvgIpc) is 3.09. The van der Waals surface area contributed by atoms with Crippen LogP contribution in [0.1, 0.15) is 35.7 Å². The third kappa shape index (κ3) is 2.79. The molecule has 124 valence electrons. The molecule has 2 N–H and O–H groups in total. The van der Waals surface area contributed by atoms with Gasteiger partial charge in [0.1, 0.15) is 0 Å². The van der Waals surface area contributed by atoms with E-state index in [-0.39, 0.29) is 5.91 Å². The van der Waals surface area contributed by atoms with Crippen LogP contribution in [0.3, 0.4) is 0 Å². The van der Waals surface area contributed by atoms with E-state index in [9.17, 15) is 14.7 Å². The van der Waals surface area contributed by atoms with E-state index in [1.54, 1.807) is 0 Å². The van der Waals surface area contributed by atoms with Crippen molar-refractivity contribution in [2.45, 2.75) is 25.3 Å². The van der Waals surface area contributed by atoms with Crippen molar-refractivity contribution >= 4 is 12.0 Å². The van der Waals surface area contributed by atoms with Crippen molar-refractivity contribution in [3.63, 3.8) is 0 Å². The number of benzene rings is 1. The summed E-state index contributed by atoms with van der Waals surface area (Å²) in [4.78, 5) is 27.9. The minimum Gasteiger partial charge on any atom is -0.465 e. The summed E-state index contributed by atoms with van der Waals surface area (Å²) in [6.07, 6.45) is 1.12. The van der Waals surface area contributed by atoms with Crippen LogP contribution >= 0.6 is 0 Å². The van der Waals surface area contributed by atoms with Crippen molar-refractivity contribution in [3.05, 3.63) is 35.4 Å². The monoisotopic (exact) mass is 317 g/mol. The Labute approximate surface area is 136 Å². The molecular weight excluding hydrogens is 294 g/mol. The van der Waals surface area contributed by atoms with Gasteiger partial charge in [-0.25, -0.2) is 4.79 Å². The van der Waals surface area contributed by atoms with Gasteiger partial charge in [0.05, 0.1) is 5.54 Å². The lowest BCUT2D eigenvalue weighted by atomic mass is 9.84. The quantitative estimate of drug-likeness (QED) is 0.871. The fourth-order valence-corrected chi connectivity index (χ4v) is 3.64. The van der Waals surface area contributed by atoms with Gasteiger partial charge >= 0.3 is 6.09 Å². The number of amides is 2. The molecule has 0 radical (unpaired) electrons. The first kappa shape index (κ1) is 15.8. The van der Waals surface area contributed by atoms with E-state index in [0.717, 1.165) is 31.5 Å². The largest absolute Gasteiger partial charge is 0.465 e. The van der Waals surface area contributed by atoms with Gasteiger partial charge in [-0.05, 0) is 31.4 Å². The molecule has 0 aliphatic carbocycles. The highest BCUT2D eigenvalue weighted by Gasteiger charge is 2.41. The lowest BCUT2D eigenvalue weighted by Gasteiger charge is -2.44. The number of nitrogens with one attached hydrogen (secondary N) is 1. The van der Waals surface area contributed by atoms with Crippen molar-refractivity contribution in [1.82, 2.24) is 15.1 Å². The maximum absolute atomic E-state index is 12.9. The van der Waals surface area contributed by atoms with Gasteiger partial charge in [0.2, 0.25) is 0 Å². The molecule has 0 saturated carbocycles. The molecule has 23 heavy (non-hydrogen) atoms. The molecule has 2 aliphatic heterocycles. The van der Waals surface area contributed by atoms with Gasteiger partial charge in [-0.2, -0.15) is 0 Å². The van der Waals surface area contributed by atoms with Crippen molar-refractivity contribution in [3.8, 4) is 0 Å². The maximum Gasteiger partial charge on any atom is 0.408 e. The van der Waals surface area contributed by atoms with Gasteiger partial charge in [0, 0.05) is 38.3 Å². The molecule has 2 amide bonds. The second-order valence-corrected chi connectivity index (χ2v) is 6.43. The number of rotatable bonds is 2. The minimum absolute atomic E-state index is 0.00948. The summed E-state index contributed by atoms with van der Waals surface area (Å²) in [5.41, 5.74) is 0.661. The Morgan fingerprint density at radius 3 is 2.57 bits per heavy atom. The summed E-state index contributed by atoms with van der Waals surface area (Å²) < 4.78 is 0. The molecule has 2 heterocycles. The molecule has 0 bridgehead atoms. The van der Waals surface area contributed by atoms with Crippen LogP contribution in [0.4, 0.5) is 4.79 Å². The highest BCUT2D eigenvalue weighted by molar-refractivity contribution is 5.96. The SMILES string of the molecule is CC1(c2ccccc2C(=O)N2CCCC2)CNCCN1C(=O)O. The van der Waals surface area contributed by atoms with Crippen LogP contribution < -0.4 is 5.32 Å². The van der Waals surface area contributed by atoms with E-state index >= 15 is 0 Å². The molecule has 1 unspecified atom stereocenters. The van der Waals surface area contributed by atoms with E-state index in [1.165, 1.54) is 4.90 Å². The molecule has 0 aromatic heterocycles. The molecule has 2 fully saturated rings. The second-order valence-electron chi connectivity index (χ2n) is 6.43. The van der Waals surface area contributed by atoms with E-state index in [1.807, 2.05) is 36.1 Å². The molecule has 2 aliphatic rings. The lowest BCUT2D eigenvalue weighted by molar-refractivity contribution is 0.0622. The number of hydrogen-bond acceptors (Lipinski definition) is 3. The molecule has 6 nitrogen and oxygen atoms in total. The Morgan fingerprint density at radius 1 is 1.17 bits per heavy atom. The highest BCUT2D eigenvalue weighted by Crippen LogP contribution is 2.33. The van der Waals surface area contributed by atoms with Crippen LogP contribution in [0.15, 0.2) is 24.3 Å². The number of hydrogen-bond donors (Lipinski definition) is 2. The zero-order valence-electron chi connectivity index (χ0n) is 13.4. The van der Waals surface area contributed by atoms with Crippen molar-refractivity contribution in [1.29, 1.82) is 0 Å². The molecular formula is C17H23N3O3. The zero-order valence-corrected chi connectivity index (χ0v) is 13.4. The molecule has 2 saturated heterocycles. The Morgan fingerprint density at radius 2 is 1.87 bits per heavy atom. The summed E-state index contributed by atoms with van der Waals surface area (Å²) in [6.45, 7) is 5.00. The molecule has 1 aromatic rings. The number of carboxylic acid groups (broad SMARTS) is 1. The predicted molar refractivity (Wildman–Crippen MR) is 86.5 cm³/mol. The Bertz CT molecular complexity index is 613. The standard InChI is InChI=1S/C17H23N3O3/c1-17(12-18-8-11-20(17)16(22)23)14-7-3-2-6-13(14)15(21)19-9-4-5-10-19/h2-3,6-7,18H,4-5,8-12H2,1H3,(H,22,23). The van der Waals surface area contributed by atoms with Crippen LogP contribution in [0.25, 0.3) is 0 Å². The summed E-state index contributed by atoms with van der Waals surface area (Å²) in [5.74, 6) is 0.00948.